The van der Waals surface area contributed by atoms with E-state index < -0.39 is 33.9 Å². The first-order valence-corrected chi connectivity index (χ1v) is 11.2. The number of hydrogen-bond acceptors (Lipinski definition) is 5. The first-order chi connectivity index (χ1) is 14.4. The Hall–Kier alpha value is -2.97. The topological polar surface area (TPSA) is 110 Å². The molecule has 0 aliphatic heterocycles. The van der Waals surface area contributed by atoms with Gasteiger partial charge in [0.05, 0.1) is 23.5 Å². The molecule has 2 rings (SSSR count). The van der Waals surface area contributed by atoms with Crippen molar-refractivity contribution < 1.29 is 27.9 Å². The van der Waals surface area contributed by atoms with Crippen molar-refractivity contribution >= 4 is 27.5 Å². The van der Waals surface area contributed by atoms with Crippen molar-refractivity contribution in [2.24, 2.45) is 0 Å². The number of rotatable bonds is 8. The Morgan fingerprint density at radius 1 is 0.968 bits per heavy atom. The van der Waals surface area contributed by atoms with Crippen LogP contribution in [-0.4, -0.2) is 37.6 Å². The molecule has 166 valence electrons. The van der Waals surface area contributed by atoms with Crippen LogP contribution in [0.4, 0.5) is 0 Å². The van der Waals surface area contributed by atoms with E-state index in [1.807, 2.05) is 0 Å². The smallest absolute Gasteiger partial charge is 0.335 e. The summed E-state index contributed by atoms with van der Waals surface area (Å²) in [6.45, 7) is 6.96. The molecule has 0 atom stereocenters. The van der Waals surface area contributed by atoms with Crippen LogP contribution in [0.1, 0.15) is 45.2 Å². The molecule has 7 nitrogen and oxygen atoms in total. The van der Waals surface area contributed by atoms with Gasteiger partial charge in [-0.1, -0.05) is 42.5 Å². The highest BCUT2D eigenvalue weighted by atomic mass is 32.2. The summed E-state index contributed by atoms with van der Waals surface area (Å²) in [5.74, 6) is -1.90. The Morgan fingerprint density at radius 3 is 2.00 bits per heavy atom. The minimum Gasteiger partial charge on any atom is -0.481 e. The lowest BCUT2D eigenvalue weighted by molar-refractivity contribution is -0.142. The molecular formula is C23H27NO6S. The maximum atomic E-state index is 12.6. The quantitative estimate of drug-likeness (QED) is 0.475. The molecule has 0 aliphatic carbocycles. The summed E-state index contributed by atoms with van der Waals surface area (Å²) in [4.78, 5) is 24.1. The van der Waals surface area contributed by atoms with Crippen LogP contribution in [0.5, 0.6) is 0 Å². The Kier molecular flexibility index (Phi) is 7.75. The average Bonchev–Trinajstić information content (AvgIpc) is 2.67. The Bertz CT molecular complexity index is 1070. The molecule has 0 heterocycles. The molecule has 2 aromatic rings. The highest BCUT2D eigenvalue weighted by Gasteiger charge is 2.24. The fourth-order valence-corrected chi connectivity index (χ4v) is 4.43. The van der Waals surface area contributed by atoms with Gasteiger partial charge in [-0.3, -0.25) is 4.79 Å². The summed E-state index contributed by atoms with van der Waals surface area (Å²) >= 11 is 0. The van der Waals surface area contributed by atoms with Gasteiger partial charge in [-0.15, -0.1) is 0 Å². The number of hydrogen-bond donors (Lipinski definition) is 2. The largest absolute Gasteiger partial charge is 0.481 e. The number of nitrogens with one attached hydrogen (secondary N) is 1. The molecule has 0 aliphatic rings. The van der Waals surface area contributed by atoms with Crippen LogP contribution in [0.15, 0.2) is 65.1 Å². The molecule has 0 unspecified atom stereocenters. The van der Waals surface area contributed by atoms with E-state index in [1.54, 1.807) is 70.2 Å². The molecule has 0 bridgehead atoms. The fraction of sp³-hybridized carbons (Fsp3) is 0.304. The normalized spacial score (nSPS) is 12.8. The summed E-state index contributed by atoms with van der Waals surface area (Å²) in [5, 5.41) is 9.37. The molecule has 0 aromatic heterocycles. The van der Waals surface area contributed by atoms with Crippen molar-refractivity contribution in [1.82, 2.24) is 4.72 Å². The minimum absolute atomic E-state index is 0.0102. The van der Waals surface area contributed by atoms with Crippen LogP contribution in [-0.2, 0) is 24.3 Å². The highest BCUT2D eigenvalue weighted by molar-refractivity contribution is 7.89. The number of benzene rings is 2. The highest BCUT2D eigenvalue weighted by Crippen LogP contribution is 2.30. The van der Waals surface area contributed by atoms with E-state index in [9.17, 15) is 23.1 Å². The lowest BCUT2D eigenvalue weighted by Gasteiger charge is -2.20. The summed E-state index contributed by atoms with van der Waals surface area (Å²) in [5.41, 5.74) is 0.851. The third-order valence-corrected chi connectivity index (χ3v) is 5.88. The molecule has 31 heavy (non-hydrogen) atoms. The minimum atomic E-state index is -3.74. The number of ether oxygens (including phenoxy) is 1. The molecule has 2 aromatic carbocycles. The Morgan fingerprint density at radius 2 is 1.52 bits per heavy atom. The number of sulfonamides is 1. The van der Waals surface area contributed by atoms with Gasteiger partial charge in [0.2, 0.25) is 10.0 Å². The van der Waals surface area contributed by atoms with E-state index in [0.717, 1.165) is 0 Å². The monoisotopic (exact) mass is 445 g/mol. The number of carbonyl (C=O) groups is 2. The van der Waals surface area contributed by atoms with Gasteiger partial charge in [-0.2, -0.15) is 0 Å². The van der Waals surface area contributed by atoms with Gasteiger partial charge in [0, 0.05) is 5.54 Å². The van der Waals surface area contributed by atoms with Crippen LogP contribution < -0.4 is 4.72 Å². The molecule has 0 saturated heterocycles. The summed E-state index contributed by atoms with van der Waals surface area (Å²) in [6, 6.07) is 14.8. The number of esters is 1. The standard InChI is InChI=1S/C23H27NO6S/c1-5-30-22(27)19(15-20(25)26)21(16-9-7-6-8-10-16)17-11-13-18(14-12-17)31(28,29)24-23(2,3)4/h6-14,24H,5,15H2,1-4H3,(H,25,26)/b21-19+. The lowest BCUT2D eigenvalue weighted by Crippen LogP contribution is -2.40. The van der Waals surface area contributed by atoms with Gasteiger partial charge in [-0.25, -0.2) is 17.9 Å². The number of aliphatic carboxylic acids is 1. The van der Waals surface area contributed by atoms with Gasteiger partial charge >= 0.3 is 11.9 Å². The van der Waals surface area contributed by atoms with E-state index in [1.165, 1.54) is 12.1 Å². The van der Waals surface area contributed by atoms with E-state index in [0.29, 0.717) is 16.7 Å². The fourth-order valence-electron chi connectivity index (χ4n) is 3.01. The Balaban J connectivity index is 2.65. The summed E-state index contributed by atoms with van der Waals surface area (Å²) in [7, 11) is -3.74. The summed E-state index contributed by atoms with van der Waals surface area (Å²) in [6.07, 6.45) is -0.533. The van der Waals surface area contributed by atoms with Crippen LogP contribution in [0.2, 0.25) is 0 Å². The van der Waals surface area contributed by atoms with Gasteiger partial charge in [0.1, 0.15) is 0 Å². The van der Waals surface area contributed by atoms with Crippen LogP contribution >= 0.6 is 0 Å². The zero-order valence-corrected chi connectivity index (χ0v) is 18.8. The second-order valence-corrected chi connectivity index (χ2v) is 9.57. The molecule has 0 amide bonds. The zero-order valence-electron chi connectivity index (χ0n) is 18.0. The molecule has 8 heteroatoms. The van der Waals surface area contributed by atoms with E-state index >= 15 is 0 Å². The van der Waals surface area contributed by atoms with Crippen LogP contribution in [0.25, 0.3) is 5.57 Å². The van der Waals surface area contributed by atoms with Crippen LogP contribution in [0, 0.1) is 0 Å². The van der Waals surface area contributed by atoms with Crippen LogP contribution in [0.3, 0.4) is 0 Å². The van der Waals surface area contributed by atoms with E-state index in [4.69, 9.17) is 4.74 Å². The van der Waals surface area contributed by atoms with Crippen molar-refractivity contribution in [1.29, 1.82) is 0 Å². The van der Waals surface area contributed by atoms with Crippen molar-refractivity contribution in [3.63, 3.8) is 0 Å². The van der Waals surface area contributed by atoms with Crippen molar-refractivity contribution in [3.05, 3.63) is 71.3 Å². The maximum absolute atomic E-state index is 12.6. The van der Waals surface area contributed by atoms with Crippen molar-refractivity contribution in [2.45, 2.75) is 44.6 Å². The molecule has 2 N–H and O–H groups in total. The van der Waals surface area contributed by atoms with Crippen molar-refractivity contribution in [2.75, 3.05) is 6.61 Å². The average molecular weight is 446 g/mol. The second kappa shape index (κ2) is 9.89. The van der Waals surface area contributed by atoms with E-state index in [-0.39, 0.29) is 17.1 Å². The van der Waals surface area contributed by atoms with Gasteiger partial charge in [0.25, 0.3) is 0 Å². The van der Waals surface area contributed by atoms with Gasteiger partial charge in [-0.05, 0) is 56.5 Å². The first kappa shape index (κ1) is 24.3. The third-order valence-electron chi connectivity index (χ3n) is 4.11. The molecule has 0 saturated carbocycles. The van der Waals surface area contributed by atoms with Crippen molar-refractivity contribution in [3.8, 4) is 0 Å². The number of carbonyl (C=O) groups excluding carboxylic acids is 1. The van der Waals surface area contributed by atoms with Gasteiger partial charge < -0.3 is 9.84 Å². The third kappa shape index (κ3) is 6.77. The SMILES string of the molecule is CCOC(=O)/C(CC(=O)O)=C(\c1ccccc1)c1ccc(S(=O)(=O)NC(C)(C)C)cc1. The summed E-state index contributed by atoms with van der Waals surface area (Å²) < 4.78 is 32.9. The van der Waals surface area contributed by atoms with Gasteiger partial charge in [0.15, 0.2) is 0 Å². The maximum Gasteiger partial charge on any atom is 0.335 e. The predicted octanol–water partition coefficient (Wildman–Crippen LogP) is 3.60. The Labute approximate surface area is 182 Å². The first-order valence-electron chi connectivity index (χ1n) is 9.76. The predicted molar refractivity (Wildman–Crippen MR) is 118 cm³/mol. The molecule has 0 fully saturated rings. The zero-order chi connectivity index (χ0) is 23.2. The number of carboxylic acids is 1. The van der Waals surface area contributed by atoms with E-state index in [2.05, 4.69) is 4.72 Å². The molecule has 0 spiro atoms. The molecular weight excluding hydrogens is 418 g/mol. The lowest BCUT2D eigenvalue weighted by atomic mass is 9.91. The second-order valence-electron chi connectivity index (χ2n) is 7.89. The molecule has 0 radical (unpaired) electrons. The number of carboxylic acid groups (broad SMARTS) is 1.